The number of nitrogens with zero attached hydrogens (tertiary/aromatic N) is 1. The van der Waals surface area contributed by atoms with E-state index in [0.29, 0.717) is 17.9 Å². The fourth-order valence-corrected chi connectivity index (χ4v) is 2.32. The van der Waals surface area contributed by atoms with Crippen molar-refractivity contribution in [2.45, 2.75) is 13.5 Å². The molecule has 1 atom stereocenters. The van der Waals surface area contributed by atoms with E-state index in [4.69, 9.17) is 4.52 Å². The highest BCUT2D eigenvalue weighted by Gasteiger charge is 2.18. The summed E-state index contributed by atoms with van der Waals surface area (Å²) < 4.78 is 16.9. The van der Waals surface area contributed by atoms with Crippen molar-refractivity contribution >= 4 is 13.8 Å². The fourth-order valence-electron chi connectivity index (χ4n) is 1.72. The normalized spacial score (nSPS) is 14.0. The summed E-state index contributed by atoms with van der Waals surface area (Å²) in [5, 5.41) is 0. The molecular formula is C16H18NO3P. The van der Waals surface area contributed by atoms with E-state index in [1.165, 1.54) is 0 Å². The Bertz CT molecular complexity index is 656. The van der Waals surface area contributed by atoms with E-state index in [1.807, 2.05) is 36.4 Å². The summed E-state index contributed by atoms with van der Waals surface area (Å²) in [6.45, 7) is 2.17. The van der Waals surface area contributed by atoms with Gasteiger partial charge in [0.15, 0.2) is 0 Å². The first-order valence-electron chi connectivity index (χ1n) is 6.75. The van der Waals surface area contributed by atoms with E-state index < -0.39 is 7.60 Å². The minimum Gasteiger partial charge on any atom is -0.424 e. The molecule has 0 spiro atoms. The molecule has 110 valence electrons. The number of benzene rings is 2. The van der Waals surface area contributed by atoms with Crippen LogP contribution in [0.5, 0.6) is 5.75 Å². The number of hydrogen-bond donors (Lipinski definition) is 1. The summed E-state index contributed by atoms with van der Waals surface area (Å²) in [4.78, 5) is 13.9. The molecule has 0 aromatic heterocycles. The van der Waals surface area contributed by atoms with Crippen LogP contribution in [0.3, 0.4) is 0 Å². The molecule has 2 aromatic rings. The van der Waals surface area contributed by atoms with Crippen LogP contribution in [0.2, 0.25) is 0 Å². The fraction of sp³-hybridized carbons (Fsp3) is 0.188. The Balaban J connectivity index is 2.11. The van der Waals surface area contributed by atoms with Crippen LogP contribution in [-0.2, 0) is 11.1 Å². The van der Waals surface area contributed by atoms with Gasteiger partial charge in [0.1, 0.15) is 5.75 Å². The second-order valence-corrected chi connectivity index (χ2v) is 6.63. The largest absolute Gasteiger partial charge is 0.424 e. The van der Waals surface area contributed by atoms with Gasteiger partial charge in [0.05, 0.1) is 12.7 Å². The van der Waals surface area contributed by atoms with E-state index in [1.54, 1.807) is 31.3 Å². The monoisotopic (exact) mass is 303 g/mol. The Kier molecular flexibility index (Phi) is 5.32. The minimum absolute atomic E-state index is 0.0719. The lowest BCUT2D eigenvalue weighted by Crippen LogP contribution is -1.97. The molecule has 2 aromatic carbocycles. The van der Waals surface area contributed by atoms with Gasteiger partial charge in [-0.3, -0.25) is 4.99 Å². The Morgan fingerprint density at radius 1 is 1.14 bits per heavy atom. The van der Waals surface area contributed by atoms with Crippen LogP contribution in [0.15, 0.2) is 59.6 Å². The van der Waals surface area contributed by atoms with Gasteiger partial charge in [0.2, 0.25) is 0 Å². The third-order valence-corrected chi connectivity index (χ3v) is 4.19. The van der Waals surface area contributed by atoms with E-state index in [0.717, 1.165) is 5.56 Å². The van der Waals surface area contributed by atoms with E-state index in [-0.39, 0.29) is 6.16 Å². The standard InChI is InChI=1S/C16H18NO3P/c1-2-21(18,19)20-16-11-7-6-10-15(16)13-17-12-14-8-4-3-5-9-14/h3-11,13H,2,12H2,1H3,(H,18,19). The van der Waals surface area contributed by atoms with Crippen molar-refractivity contribution in [2.75, 3.05) is 6.16 Å². The average molecular weight is 303 g/mol. The van der Waals surface area contributed by atoms with Gasteiger partial charge in [-0.2, -0.15) is 0 Å². The lowest BCUT2D eigenvalue weighted by Gasteiger charge is -2.13. The van der Waals surface area contributed by atoms with Gasteiger partial charge in [-0.1, -0.05) is 49.4 Å². The molecule has 4 nitrogen and oxygen atoms in total. The summed E-state index contributed by atoms with van der Waals surface area (Å²) >= 11 is 0. The first-order chi connectivity index (χ1) is 10.1. The Hall–Kier alpha value is -1.90. The van der Waals surface area contributed by atoms with Crippen molar-refractivity contribution in [1.82, 2.24) is 0 Å². The quantitative estimate of drug-likeness (QED) is 0.650. The van der Waals surface area contributed by atoms with Crippen LogP contribution in [0.4, 0.5) is 0 Å². The zero-order chi connectivity index (χ0) is 15.1. The molecule has 1 unspecified atom stereocenters. The highest BCUT2D eigenvalue weighted by molar-refractivity contribution is 7.53. The highest BCUT2D eigenvalue weighted by atomic mass is 31.2. The van der Waals surface area contributed by atoms with Crippen molar-refractivity contribution < 1.29 is 14.0 Å². The third kappa shape index (κ3) is 4.85. The van der Waals surface area contributed by atoms with Crippen LogP contribution in [0.1, 0.15) is 18.1 Å². The first-order valence-corrected chi connectivity index (χ1v) is 8.51. The van der Waals surface area contributed by atoms with Gasteiger partial charge < -0.3 is 9.42 Å². The zero-order valence-corrected chi connectivity index (χ0v) is 12.7. The van der Waals surface area contributed by atoms with Crippen molar-refractivity contribution in [3.05, 3.63) is 65.7 Å². The third-order valence-electron chi connectivity index (χ3n) is 2.91. The van der Waals surface area contributed by atoms with E-state index in [9.17, 15) is 9.46 Å². The molecule has 0 amide bonds. The average Bonchev–Trinajstić information content (AvgIpc) is 2.50. The molecular weight excluding hydrogens is 285 g/mol. The molecule has 0 radical (unpaired) electrons. The Labute approximate surface area is 124 Å². The van der Waals surface area contributed by atoms with Gasteiger partial charge in [-0.15, -0.1) is 0 Å². The zero-order valence-electron chi connectivity index (χ0n) is 11.8. The van der Waals surface area contributed by atoms with Gasteiger partial charge in [-0.25, -0.2) is 4.57 Å². The van der Waals surface area contributed by atoms with Gasteiger partial charge in [0.25, 0.3) is 0 Å². The molecule has 0 saturated heterocycles. The number of rotatable bonds is 6. The molecule has 0 saturated carbocycles. The molecule has 5 heteroatoms. The summed E-state index contributed by atoms with van der Waals surface area (Å²) in [7, 11) is -3.57. The summed E-state index contributed by atoms with van der Waals surface area (Å²) in [6, 6.07) is 17.0. The predicted octanol–water partition coefficient (Wildman–Crippen LogP) is 3.89. The summed E-state index contributed by atoms with van der Waals surface area (Å²) in [5.74, 6) is 0.377. The van der Waals surface area contributed by atoms with Crippen LogP contribution >= 0.6 is 7.60 Å². The van der Waals surface area contributed by atoms with E-state index in [2.05, 4.69) is 4.99 Å². The topological polar surface area (TPSA) is 58.9 Å². The second-order valence-electron chi connectivity index (χ2n) is 4.54. The molecule has 2 rings (SSSR count). The predicted molar refractivity (Wildman–Crippen MR) is 85.2 cm³/mol. The minimum atomic E-state index is -3.57. The lowest BCUT2D eigenvalue weighted by atomic mass is 10.2. The highest BCUT2D eigenvalue weighted by Crippen LogP contribution is 2.42. The molecule has 1 N–H and O–H groups in total. The SMILES string of the molecule is CCP(=O)(O)Oc1ccccc1C=NCc1ccccc1. The molecule has 0 fully saturated rings. The maximum absolute atomic E-state index is 11.7. The molecule has 0 aliphatic carbocycles. The Morgan fingerprint density at radius 3 is 2.52 bits per heavy atom. The molecule has 0 aliphatic rings. The second kappa shape index (κ2) is 7.21. The number of para-hydroxylation sites is 1. The molecule has 21 heavy (non-hydrogen) atoms. The van der Waals surface area contributed by atoms with Gasteiger partial charge >= 0.3 is 7.60 Å². The number of aliphatic imine (C=N–C) groups is 1. The smallest absolute Gasteiger partial charge is 0.376 e. The van der Waals surface area contributed by atoms with E-state index >= 15 is 0 Å². The summed E-state index contributed by atoms with van der Waals surface area (Å²) in [5.41, 5.74) is 1.80. The van der Waals surface area contributed by atoms with Gasteiger partial charge in [0, 0.05) is 11.8 Å². The molecule has 0 bridgehead atoms. The summed E-state index contributed by atoms with van der Waals surface area (Å²) in [6.07, 6.45) is 1.74. The Morgan fingerprint density at radius 2 is 1.81 bits per heavy atom. The van der Waals surface area contributed by atoms with Crippen LogP contribution in [0.25, 0.3) is 0 Å². The van der Waals surface area contributed by atoms with Crippen molar-refractivity contribution in [2.24, 2.45) is 4.99 Å². The van der Waals surface area contributed by atoms with Crippen molar-refractivity contribution in [3.8, 4) is 5.75 Å². The number of hydrogen-bond acceptors (Lipinski definition) is 3. The first kappa shape index (κ1) is 15.5. The lowest BCUT2D eigenvalue weighted by molar-refractivity contribution is 0.381. The maximum atomic E-state index is 11.7. The van der Waals surface area contributed by atoms with Crippen LogP contribution in [-0.4, -0.2) is 17.3 Å². The van der Waals surface area contributed by atoms with Crippen molar-refractivity contribution in [3.63, 3.8) is 0 Å². The van der Waals surface area contributed by atoms with Gasteiger partial charge in [-0.05, 0) is 17.7 Å². The van der Waals surface area contributed by atoms with Crippen LogP contribution < -0.4 is 4.52 Å². The van der Waals surface area contributed by atoms with Crippen molar-refractivity contribution in [1.29, 1.82) is 0 Å². The maximum Gasteiger partial charge on any atom is 0.376 e. The molecule has 0 aliphatic heterocycles. The molecule has 0 heterocycles. The van der Waals surface area contributed by atoms with Crippen LogP contribution in [0, 0.1) is 0 Å².